The van der Waals surface area contributed by atoms with Crippen molar-refractivity contribution in [3.63, 3.8) is 0 Å². The van der Waals surface area contributed by atoms with Gasteiger partial charge in [-0.25, -0.2) is 0 Å². The molecule has 0 spiro atoms. The second-order valence-electron chi connectivity index (χ2n) is 3.68. The smallest absolute Gasteiger partial charge is 0.133 e. The molecule has 0 N–H and O–H groups in total. The summed E-state index contributed by atoms with van der Waals surface area (Å²) in [6, 6.07) is 0. The molecule has 2 atom stereocenters. The molecule has 1 rings (SSSR count). The van der Waals surface area contributed by atoms with E-state index in [9.17, 15) is 4.79 Å². The minimum Gasteiger partial charge on any atom is -0.300 e. The van der Waals surface area contributed by atoms with Crippen molar-refractivity contribution >= 4 is 5.78 Å². The average Bonchev–Trinajstić information content (AvgIpc) is 1.85. The number of hydrogen-bond acceptors (Lipinski definition) is 1. The molecule has 0 amide bonds. The second kappa shape index (κ2) is 3.70. The maximum absolute atomic E-state index is 11.1. The Balaban J connectivity index is 2.42. The molecule has 62 valence electrons. The molecular formula is C10H16O. The Hall–Kier alpha value is -0.590. The molecule has 1 fully saturated rings. The molecule has 1 heteroatoms. The van der Waals surface area contributed by atoms with Gasteiger partial charge in [-0.2, -0.15) is 0 Å². The Labute approximate surface area is 68.5 Å². The van der Waals surface area contributed by atoms with Crippen LogP contribution in [-0.4, -0.2) is 5.78 Å². The van der Waals surface area contributed by atoms with Gasteiger partial charge in [0.15, 0.2) is 0 Å². The maximum atomic E-state index is 11.1. The molecule has 0 aromatic heterocycles. The highest BCUT2D eigenvalue weighted by Gasteiger charge is 2.23. The van der Waals surface area contributed by atoms with E-state index in [1.54, 1.807) is 0 Å². The highest BCUT2D eigenvalue weighted by Crippen LogP contribution is 2.28. The summed E-state index contributed by atoms with van der Waals surface area (Å²) in [5, 5.41) is 0. The normalized spacial score (nSPS) is 31.9. The lowest BCUT2D eigenvalue weighted by Crippen LogP contribution is -2.20. The average molecular weight is 152 g/mol. The van der Waals surface area contributed by atoms with Crippen molar-refractivity contribution in [3.8, 4) is 0 Å². The van der Waals surface area contributed by atoms with Crippen LogP contribution in [0.15, 0.2) is 12.7 Å². The number of carbonyl (C=O) groups is 1. The molecule has 0 unspecified atom stereocenters. The Morgan fingerprint density at radius 2 is 2.36 bits per heavy atom. The van der Waals surface area contributed by atoms with E-state index in [2.05, 4.69) is 13.5 Å². The van der Waals surface area contributed by atoms with Gasteiger partial charge in [0.2, 0.25) is 0 Å². The van der Waals surface area contributed by atoms with Gasteiger partial charge < -0.3 is 0 Å². The summed E-state index contributed by atoms with van der Waals surface area (Å²) in [4.78, 5) is 11.1. The van der Waals surface area contributed by atoms with E-state index in [1.807, 2.05) is 6.08 Å². The summed E-state index contributed by atoms with van der Waals surface area (Å²) in [5.41, 5.74) is 0. The van der Waals surface area contributed by atoms with Crippen molar-refractivity contribution in [1.29, 1.82) is 0 Å². The lowest BCUT2D eigenvalue weighted by atomic mass is 9.80. The van der Waals surface area contributed by atoms with Gasteiger partial charge in [-0.1, -0.05) is 13.0 Å². The fraction of sp³-hybridized carbons (Fsp3) is 0.700. The van der Waals surface area contributed by atoms with Crippen LogP contribution in [-0.2, 0) is 4.79 Å². The third kappa shape index (κ3) is 2.49. The first-order valence-corrected chi connectivity index (χ1v) is 4.35. The molecule has 0 heterocycles. The Kier molecular flexibility index (Phi) is 2.86. The van der Waals surface area contributed by atoms with Crippen LogP contribution >= 0.6 is 0 Å². The zero-order chi connectivity index (χ0) is 8.27. The molecule has 0 aromatic rings. The van der Waals surface area contributed by atoms with Gasteiger partial charge in [-0.3, -0.25) is 4.79 Å². The number of rotatable bonds is 2. The third-order valence-electron chi connectivity index (χ3n) is 2.33. The summed E-state index contributed by atoms with van der Waals surface area (Å²) in [6.07, 6.45) is 5.73. The van der Waals surface area contributed by atoms with Crippen molar-refractivity contribution in [3.05, 3.63) is 12.7 Å². The summed E-state index contributed by atoms with van der Waals surface area (Å²) >= 11 is 0. The van der Waals surface area contributed by atoms with E-state index >= 15 is 0 Å². The van der Waals surface area contributed by atoms with E-state index in [1.165, 1.54) is 6.42 Å². The number of hydrogen-bond donors (Lipinski definition) is 0. The Morgan fingerprint density at radius 3 is 2.91 bits per heavy atom. The van der Waals surface area contributed by atoms with Crippen LogP contribution in [0, 0.1) is 11.8 Å². The van der Waals surface area contributed by atoms with Crippen molar-refractivity contribution in [2.45, 2.75) is 32.6 Å². The molecule has 1 nitrogen and oxygen atoms in total. The summed E-state index contributed by atoms with van der Waals surface area (Å²) in [7, 11) is 0. The van der Waals surface area contributed by atoms with Gasteiger partial charge in [-0.15, -0.1) is 6.58 Å². The van der Waals surface area contributed by atoms with Crippen LogP contribution in [0.25, 0.3) is 0 Å². The predicted octanol–water partition coefficient (Wildman–Crippen LogP) is 2.57. The van der Waals surface area contributed by atoms with E-state index in [-0.39, 0.29) is 0 Å². The summed E-state index contributed by atoms with van der Waals surface area (Å²) in [5.74, 6) is 1.63. The monoisotopic (exact) mass is 152 g/mol. The quantitative estimate of drug-likeness (QED) is 0.556. The van der Waals surface area contributed by atoms with Crippen molar-refractivity contribution < 1.29 is 4.79 Å². The second-order valence-corrected chi connectivity index (χ2v) is 3.68. The molecule has 0 bridgehead atoms. The van der Waals surface area contributed by atoms with Gasteiger partial charge >= 0.3 is 0 Å². The zero-order valence-electron chi connectivity index (χ0n) is 7.18. The SMILES string of the molecule is C=CC[C@@H]1CC(=O)C[C@@H](C)C1. The lowest BCUT2D eigenvalue weighted by molar-refractivity contribution is -0.122. The van der Waals surface area contributed by atoms with E-state index in [0.29, 0.717) is 17.6 Å². The number of allylic oxidation sites excluding steroid dienone is 1. The van der Waals surface area contributed by atoms with E-state index in [4.69, 9.17) is 0 Å². The molecule has 0 radical (unpaired) electrons. The molecular weight excluding hydrogens is 136 g/mol. The minimum atomic E-state index is 0.440. The molecule has 0 aromatic carbocycles. The van der Waals surface area contributed by atoms with Crippen LogP contribution in [0.3, 0.4) is 0 Å². The highest BCUT2D eigenvalue weighted by molar-refractivity contribution is 5.79. The van der Waals surface area contributed by atoms with Crippen LogP contribution in [0.2, 0.25) is 0 Å². The molecule has 1 aliphatic rings. The van der Waals surface area contributed by atoms with Crippen LogP contribution in [0.1, 0.15) is 32.6 Å². The van der Waals surface area contributed by atoms with Gasteiger partial charge in [0.25, 0.3) is 0 Å². The number of Topliss-reactive ketones (excluding diaryl/α,β-unsaturated/α-hetero) is 1. The van der Waals surface area contributed by atoms with Crippen LogP contribution in [0.5, 0.6) is 0 Å². The number of carbonyl (C=O) groups excluding carboxylic acids is 1. The lowest BCUT2D eigenvalue weighted by Gasteiger charge is -2.24. The van der Waals surface area contributed by atoms with Gasteiger partial charge in [0, 0.05) is 12.8 Å². The first-order valence-electron chi connectivity index (χ1n) is 4.35. The van der Waals surface area contributed by atoms with Crippen molar-refractivity contribution in [2.24, 2.45) is 11.8 Å². The number of ketones is 1. The van der Waals surface area contributed by atoms with E-state index < -0.39 is 0 Å². The maximum Gasteiger partial charge on any atom is 0.133 e. The molecule has 0 saturated heterocycles. The van der Waals surface area contributed by atoms with Crippen molar-refractivity contribution in [1.82, 2.24) is 0 Å². The van der Waals surface area contributed by atoms with Crippen molar-refractivity contribution in [2.75, 3.05) is 0 Å². The molecule has 0 aliphatic heterocycles. The fourth-order valence-corrected chi connectivity index (χ4v) is 1.94. The zero-order valence-corrected chi connectivity index (χ0v) is 7.18. The molecule has 11 heavy (non-hydrogen) atoms. The molecule has 1 saturated carbocycles. The predicted molar refractivity (Wildman–Crippen MR) is 46.3 cm³/mol. The minimum absolute atomic E-state index is 0.440. The van der Waals surface area contributed by atoms with Gasteiger partial charge in [0.1, 0.15) is 5.78 Å². The van der Waals surface area contributed by atoms with Crippen LogP contribution in [0.4, 0.5) is 0 Å². The Bertz CT molecular complexity index is 160. The standard InChI is InChI=1S/C10H16O/c1-3-4-9-5-8(2)6-10(11)7-9/h3,8-9H,1,4-7H2,2H3/t8-,9-/m0/s1. The van der Waals surface area contributed by atoms with Gasteiger partial charge in [0.05, 0.1) is 0 Å². The summed E-state index contributed by atoms with van der Waals surface area (Å²) < 4.78 is 0. The Morgan fingerprint density at radius 1 is 1.64 bits per heavy atom. The van der Waals surface area contributed by atoms with Crippen LogP contribution < -0.4 is 0 Å². The topological polar surface area (TPSA) is 17.1 Å². The third-order valence-corrected chi connectivity index (χ3v) is 2.33. The summed E-state index contributed by atoms with van der Waals surface area (Å²) in [6.45, 7) is 5.85. The molecule has 1 aliphatic carbocycles. The van der Waals surface area contributed by atoms with Gasteiger partial charge in [-0.05, 0) is 24.7 Å². The largest absolute Gasteiger partial charge is 0.300 e. The highest BCUT2D eigenvalue weighted by atomic mass is 16.1. The fourth-order valence-electron chi connectivity index (χ4n) is 1.94. The first kappa shape index (κ1) is 8.51. The van der Waals surface area contributed by atoms with E-state index in [0.717, 1.165) is 19.3 Å². The first-order chi connectivity index (χ1) is 5.22.